The molecule has 0 saturated heterocycles. The number of rotatable bonds is 4. The van der Waals surface area contributed by atoms with Gasteiger partial charge in [-0.25, -0.2) is 0 Å². The molecule has 0 amide bonds. The zero-order valence-corrected chi connectivity index (χ0v) is 23.6. The number of hydrogen-bond donors (Lipinski definition) is 1. The maximum Gasteiger partial charge on any atom is 0.155 e. The standard InChI is InChI=1S/C26H22NO.C5H8O2.Ir/c1-16(2)12-19-13-23(18-10-8-17(3)9-11-18)27-24-15-26-22(14-21(19)24)20-6-4-5-7-25(20)28-26;1-4(6)3-5(2)7;/h4-10,13-16H,12H2,1-3H3;3,6H,1-2H3;/q-1;;/b;4-3-;. The summed E-state index contributed by atoms with van der Waals surface area (Å²) in [4.78, 5) is 15.0. The molecule has 0 bridgehead atoms. The number of carbonyl (C=O) groups excluding carboxylic acids is 1. The average molecular weight is 657 g/mol. The van der Waals surface area contributed by atoms with E-state index in [9.17, 15) is 4.79 Å². The number of furan rings is 1. The van der Waals surface area contributed by atoms with Gasteiger partial charge in [0.05, 0.1) is 11.3 Å². The third kappa shape index (κ3) is 6.29. The smallest absolute Gasteiger partial charge is 0.155 e. The Morgan fingerprint density at radius 3 is 2.39 bits per heavy atom. The van der Waals surface area contributed by atoms with Crippen LogP contribution in [0.2, 0.25) is 0 Å². The summed E-state index contributed by atoms with van der Waals surface area (Å²) in [5, 5.41) is 11.9. The van der Waals surface area contributed by atoms with Crippen molar-refractivity contribution in [2.75, 3.05) is 0 Å². The number of pyridine rings is 1. The van der Waals surface area contributed by atoms with Gasteiger partial charge in [0.2, 0.25) is 0 Å². The molecule has 0 aliphatic heterocycles. The number of allylic oxidation sites excluding steroid dienone is 2. The van der Waals surface area contributed by atoms with Crippen molar-refractivity contribution in [1.82, 2.24) is 4.98 Å². The number of para-hydroxylation sites is 1. The molecule has 0 atom stereocenters. The summed E-state index contributed by atoms with van der Waals surface area (Å²) in [6.07, 6.45) is 2.18. The number of benzene rings is 3. The van der Waals surface area contributed by atoms with Crippen molar-refractivity contribution in [2.45, 2.75) is 41.0 Å². The Kier molecular flexibility index (Phi) is 8.84. The molecule has 0 aliphatic rings. The van der Waals surface area contributed by atoms with Crippen LogP contribution in [0, 0.1) is 18.9 Å². The Labute approximate surface area is 225 Å². The fraction of sp³-hybridized carbons (Fsp3) is 0.226. The molecule has 0 spiro atoms. The molecule has 0 saturated carbocycles. The molecule has 1 N–H and O–H groups in total. The number of aromatic nitrogens is 1. The number of hydrogen-bond acceptors (Lipinski definition) is 4. The normalized spacial score (nSPS) is 11.4. The zero-order chi connectivity index (χ0) is 25.1. The van der Waals surface area contributed by atoms with Crippen molar-refractivity contribution in [3.05, 3.63) is 89.7 Å². The predicted octanol–water partition coefficient (Wildman–Crippen LogP) is 8.14. The molecule has 2 heterocycles. The molecule has 5 rings (SSSR count). The van der Waals surface area contributed by atoms with Gasteiger partial charge in [-0.15, -0.1) is 35.4 Å². The first kappa shape index (κ1) is 27.3. The van der Waals surface area contributed by atoms with E-state index in [-0.39, 0.29) is 31.6 Å². The fourth-order valence-corrected chi connectivity index (χ4v) is 4.22. The second-order valence-corrected chi connectivity index (χ2v) is 9.40. The first-order valence-corrected chi connectivity index (χ1v) is 11.8. The molecular formula is C31H30IrNO3-. The second-order valence-electron chi connectivity index (χ2n) is 9.40. The van der Waals surface area contributed by atoms with Crippen LogP contribution in [-0.4, -0.2) is 15.9 Å². The van der Waals surface area contributed by atoms with E-state index in [1.807, 2.05) is 18.2 Å². The van der Waals surface area contributed by atoms with Crippen molar-refractivity contribution >= 4 is 38.6 Å². The molecule has 0 unspecified atom stereocenters. The molecule has 0 fully saturated rings. The van der Waals surface area contributed by atoms with Gasteiger partial charge in [-0.3, -0.25) is 9.78 Å². The Morgan fingerprint density at radius 1 is 1.03 bits per heavy atom. The molecule has 36 heavy (non-hydrogen) atoms. The van der Waals surface area contributed by atoms with Gasteiger partial charge in [0, 0.05) is 48.4 Å². The minimum absolute atomic E-state index is 0. The van der Waals surface area contributed by atoms with E-state index in [0.717, 1.165) is 45.1 Å². The van der Waals surface area contributed by atoms with Crippen LogP contribution in [0.15, 0.2) is 76.9 Å². The minimum atomic E-state index is -0.125. The van der Waals surface area contributed by atoms with Crippen LogP contribution in [0.1, 0.15) is 38.8 Å². The van der Waals surface area contributed by atoms with E-state index in [0.29, 0.717) is 5.92 Å². The molecule has 4 nitrogen and oxygen atoms in total. The summed E-state index contributed by atoms with van der Waals surface area (Å²) in [6, 6.07) is 24.4. The Bertz CT molecular complexity index is 1540. The molecule has 1 radical (unpaired) electrons. The Hall–Kier alpha value is -3.27. The molecule has 3 aromatic carbocycles. The van der Waals surface area contributed by atoms with Crippen molar-refractivity contribution in [1.29, 1.82) is 0 Å². The molecule has 5 heteroatoms. The van der Waals surface area contributed by atoms with Gasteiger partial charge in [0.1, 0.15) is 11.2 Å². The molecule has 187 valence electrons. The van der Waals surface area contributed by atoms with E-state index >= 15 is 0 Å². The minimum Gasteiger partial charge on any atom is -0.512 e. The van der Waals surface area contributed by atoms with Gasteiger partial charge in [-0.1, -0.05) is 45.0 Å². The van der Waals surface area contributed by atoms with Crippen LogP contribution in [0.4, 0.5) is 0 Å². The summed E-state index contributed by atoms with van der Waals surface area (Å²) >= 11 is 0. The van der Waals surface area contributed by atoms with E-state index in [2.05, 4.69) is 69.3 Å². The Morgan fingerprint density at radius 2 is 1.78 bits per heavy atom. The maximum atomic E-state index is 10.0. The van der Waals surface area contributed by atoms with Gasteiger partial charge >= 0.3 is 0 Å². The number of ketones is 1. The fourth-order valence-electron chi connectivity index (χ4n) is 4.22. The van der Waals surface area contributed by atoms with Crippen LogP contribution < -0.4 is 0 Å². The van der Waals surface area contributed by atoms with Crippen LogP contribution in [0.5, 0.6) is 0 Å². The summed E-state index contributed by atoms with van der Waals surface area (Å²) in [5.41, 5.74) is 7.33. The van der Waals surface area contributed by atoms with Crippen molar-refractivity contribution in [2.24, 2.45) is 5.92 Å². The Balaban J connectivity index is 0.000000400. The van der Waals surface area contributed by atoms with Gasteiger partial charge in [0.25, 0.3) is 0 Å². The van der Waals surface area contributed by atoms with Gasteiger partial charge in [0.15, 0.2) is 5.78 Å². The summed E-state index contributed by atoms with van der Waals surface area (Å²) in [7, 11) is 0. The van der Waals surface area contributed by atoms with E-state index in [4.69, 9.17) is 14.5 Å². The van der Waals surface area contributed by atoms with Crippen LogP contribution in [-0.2, 0) is 31.3 Å². The molecule has 2 aromatic heterocycles. The first-order valence-electron chi connectivity index (χ1n) is 11.8. The van der Waals surface area contributed by atoms with Crippen LogP contribution in [0.25, 0.3) is 44.1 Å². The van der Waals surface area contributed by atoms with E-state index < -0.39 is 0 Å². The predicted molar refractivity (Wildman–Crippen MR) is 144 cm³/mol. The van der Waals surface area contributed by atoms with Gasteiger partial charge in [-0.05, 0) is 49.6 Å². The van der Waals surface area contributed by atoms with Gasteiger partial charge in [-0.2, -0.15) is 0 Å². The van der Waals surface area contributed by atoms with Gasteiger partial charge < -0.3 is 9.52 Å². The van der Waals surface area contributed by atoms with E-state index in [1.54, 1.807) is 0 Å². The summed E-state index contributed by atoms with van der Waals surface area (Å²) in [5.74, 6) is 0.504. The summed E-state index contributed by atoms with van der Waals surface area (Å²) < 4.78 is 6.09. The molecule has 0 aliphatic carbocycles. The second kappa shape index (κ2) is 11.6. The largest absolute Gasteiger partial charge is 0.512 e. The number of fused-ring (bicyclic) bond motifs is 4. The number of aryl methyl sites for hydroxylation is 1. The third-order valence-electron chi connectivity index (χ3n) is 5.68. The number of aliphatic hydroxyl groups is 1. The zero-order valence-electron chi connectivity index (χ0n) is 21.2. The monoisotopic (exact) mass is 657 g/mol. The number of carbonyl (C=O) groups is 1. The van der Waals surface area contributed by atoms with E-state index in [1.165, 1.54) is 36.4 Å². The topological polar surface area (TPSA) is 63.3 Å². The van der Waals surface area contributed by atoms with Crippen molar-refractivity contribution in [3.8, 4) is 11.3 Å². The quantitative estimate of drug-likeness (QED) is 0.121. The third-order valence-corrected chi connectivity index (χ3v) is 5.68. The summed E-state index contributed by atoms with van der Waals surface area (Å²) in [6.45, 7) is 9.45. The molecule has 5 aromatic rings. The molecular weight excluding hydrogens is 627 g/mol. The maximum absolute atomic E-state index is 10.0. The average Bonchev–Trinajstić information content (AvgIpc) is 3.15. The van der Waals surface area contributed by atoms with Crippen molar-refractivity contribution in [3.63, 3.8) is 0 Å². The first-order chi connectivity index (χ1) is 16.7. The van der Waals surface area contributed by atoms with Crippen molar-refractivity contribution < 1.29 is 34.4 Å². The van der Waals surface area contributed by atoms with Crippen LogP contribution in [0.3, 0.4) is 0 Å². The SMILES string of the molecule is CC(=O)/C=C(/C)O.Cc1c[c-]c(-c2cc(CC(C)C)c3cc4c(cc3n2)oc2ccccc24)cc1.[Ir]. The number of aliphatic hydroxyl groups excluding tert-OH is 1. The van der Waals surface area contributed by atoms with Crippen LogP contribution >= 0.6 is 0 Å². The number of nitrogens with zero attached hydrogens (tertiary/aromatic N) is 1.